The minimum Gasteiger partial charge on any atom is -0.462 e. The minimum absolute atomic E-state index is 0.104. The molecule has 0 heterocycles. The summed E-state index contributed by atoms with van der Waals surface area (Å²) in [4.78, 5) is 38.4. The molecule has 6 heteroatoms. The molecule has 0 spiro atoms. The van der Waals surface area contributed by atoms with Crippen LogP contribution in [-0.2, 0) is 28.6 Å². The summed E-state index contributed by atoms with van der Waals surface area (Å²) in [5, 5.41) is 0. The molecule has 6 nitrogen and oxygen atoms in total. The molecule has 82 heavy (non-hydrogen) atoms. The van der Waals surface area contributed by atoms with E-state index in [1.807, 2.05) is 0 Å². The summed E-state index contributed by atoms with van der Waals surface area (Å²) in [6.45, 7) is 6.46. The molecule has 0 aliphatic carbocycles. The van der Waals surface area contributed by atoms with Gasteiger partial charge in [-0.2, -0.15) is 0 Å². The van der Waals surface area contributed by atoms with E-state index in [9.17, 15) is 14.4 Å². The maximum absolute atomic E-state index is 13.0. The van der Waals surface area contributed by atoms with E-state index < -0.39 is 6.10 Å². The Morgan fingerprint density at radius 3 is 0.768 bits per heavy atom. The first-order valence-electron chi connectivity index (χ1n) is 33.8. The second-order valence-electron chi connectivity index (χ2n) is 22.0. The molecule has 1 atom stereocenters. The number of carbonyl (C=O) groups is 3. The molecule has 0 saturated carbocycles. The third kappa shape index (κ3) is 66.1. The molecule has 0 bridgehead atoms. The molecule has 0 aliphatic rings. The lowest BCUT2D eigenvalue weighted by Gasteiger charge is -2.18. The summed E-state index contributed by atoms with van der Waals surface area (Å²) in [6, 6.07) is 0. The zero-order chi connectivity index (χ0) is 59.2. The molecule has 0 aliphatic heterocycles. The summed E-state index contributed by atoms with van der Waals surface area (Å²) in [5.74, 6) is -0.955. The van der Waals surface area contributed by atoms with Crippen molar-refractivity contribution in [3.63, 3.8) is 0 Å². The van der Waals surface area contributed by atoms with Gasteiger partial charge in [-0.05, 0) is 148 Å². The maximum atomic E-state index is 13.0. The zero-order valence-corrected chi connectivity index (χ0v) is 53.2. The molecule has 464 valence electrons. The van der Waals surface area contributed by atoms with Gasteiger partial charge in [-0.3, -0.25) is 14.4 Å². The monoisotopic (exact) mass is 1130 g/mol. The van der Waals surface area contributed by atoms with Gasteiger partial charge in [-0.15, -0.1) is 0 Å². The Morgan fingerprint density at radius 2 is 0.476 bits per heavy atom. The Kier molecular flexibility index (Phi) is 64.8. The molecule has 0 aromatic carbocycles. The SMILES string of the molecule is CC/C=C\C/C=C\C/C=C\C/C=C\C/C=C\C/C=C\C/C=C\CCCCCC(=O)OCC(COC(=O)CCCCCCC/C=C\C/C=C\CCCCCC)OC(=O)CCCCCCCCCC/C=C\C/C=C\C/C=C\CCCCCCC. The van der Waals surface area contributed by atoms with E-state index in [1.54, 1.807) is 0 Å². The Morgan fingerprint density at radius 1 is 0.256 bits per heavy atom. The average Bonchev–Trinajstić information content (AvgIpc) is 3.47. The molecule has 1 unspecified atom stereocenters. The minimum atomic E-state index is -0.811. The Labute approximate surface area is 506 Å². The third-order valence-corrected chi connectivity index (χ3v) is 14.0. The van der Waals surface area contributed by atoms with Crippen LogP contribution in [0.5, 0.6) is 0 Å². The van der Waals surface area contributed by atoms with E-state index in [-0.39, 0.29) is 31.1 Å². The van der Waals surface area contributed by atoms with Crippen molar-refractivity contribution in [3.05, 3.63) is 146 Å². The van der Waals surface area contributed by atoms with Crippen LogP contribution >= 0.6 is 0 Å². The van der Waals surface area contributed by atoms with Crippen molar-refractivity contribution in [2.24, 2.45) is 0 Å². The third-order valence-electron chi connectivity index (χ3n) is 14.0. The van der Waals surface area contributed by atoms with Gasteiger partial charge < -0.3 is 14.2 Å². The van der Waals surface area contributed by atoms with Crippen molar-refractivity contribution in [2.45, 2.75) is 303 Å². The van der Waals surface area contributed by atoms with Gasteiger partial charge in [0.25, 0.3) is 0 Å². The zero-order valence-electron chi connectivity index (χ0n) is 53.2. The first kappa shape index (κ1) is 77.3. The summed E-state index contributed by atoms with van der Waals surface area (Å²) < 4.78 is 16.9. The molecule has 0 aromatic heterocycles. The number of rotatable bonds is 60. The van der Waals surface area contributed by atoms with Crippen molar-refractivity contribution < 1.29 is 28.6 Å². The van der Waals surface area contributed by atoms with Crippen LogP contribution in [0.3, 0.4) is 0 Å². The Hall–Kier alpha value is -4.71. The molecule has 0 amide bonds. The molecule has 0 N–H and O–H groups in total. The van der Waals surface area contributed by atoms with E-state index in [0.717, 1.165) is 154 Å². The van der Waals surface area contributed by atoms with Crippen LogP contribution in [0.25, 0.3) is 0 Å². The van der Waals surface area contributed by atoms with Crippen LogP contribution in [0, 0.1) is 0 Å². The highest BCUT2D eigenvalue weighted by Gasteiger charge is 2.19. The topological polar surface area (TPSA) is 78.9 Å². The van der Waals surface area contributed by atoms with Gasteiger partial charge in [0.2, 0.25) is 0 Å². The van der Waals surface area contributed by atoms with Gasteiger partial charge in [-0.25, -0.2) is 0 Å². The van der Waals surface area contributed by atoms with Gasteiger partial charge >= 0.3 is 17.9 Å². The molecule has 0 aromatic rings. The maximum Gasteiger partial charge on any atom is 0.306 e. The van der Waals surface area contributed by atoms with E-state index in [4.69, 9.17) is 14.2 Å². The average molecular weight is 1130 g/mol. The van der Waals surface area contributed by atoms with Crippen molar-refractivity contribution >= 4 is 17.9 Å². The van der Waals surface area contributed by atoms with Gasteiger partial charge in [0.1, 0.15) is 13.2 Å². The predicted molar refractivity (Wildman–Crippen MR) is 357 cm³/mol. The Balaban J connectivity index is 4.50. The smallest absolute Gasteiger partial charge is 0.306 e. The fraction of sp³-hybridized carbons (Fsp3) is 0.645. The number of esters is 3. The molecule has 0 radical (unpaired) electrons. The molecule has 0 saturated heterocycles. The number of carbonyl (C=O) groups excluding carboxylic acids is 3. The normalized spacial score (nSPS) is 13.1. The number of hydrogen-bond donors (Lipinski definition) is 0. The summed E-state index contributed by atoms with van der Waals surface area (Å²) in [5.41, 5.74) is 0. The van der Waals surface area contributed by atoms with Crippen LogP contribution in [0.4, 0.5) is 0 Å². The van der Waals surface area contributed by atoms with E-state index in [1.165, 1.54) is 103 Å². The Bertz CT molecular complexity index is 1780. The van der Waals surface area contributed by atoms with E-state index in [2.05, 4.69) is 167 Å². The fourth-order valence-electron chi connectivity index (χ4n) is 8.99. The first-order chi connectivity index (χ1) is 40.5. The summed E-state index contributed by atoms with van der Waals surface area (Å²) >= 11 is 0. The summed E-state index contributed by atoms with van der Waals surface area (Å²) in [6.07, 6.45) is 98.5. The lowest BCUT2D eigenvalue weighted by atomic mass is 10.1. The van der Waals surface area contributed by atoms with Crippen molar-refractivity contribution in [3.8, 4) is 0 Å². The largest absolute Gasteiger partial charge is 0.462 e. The first-order valence-corrected chi connectivity index (χ1v) is 33.8. The van der Waals surface area contributed by atoms with Crippen molar-refractivity contribution in [1.29, 1.82) is 0 Å². The molecular formula is C76H124O6. The van der Waals surface area contributed by atoms with Crippen molar-refractivity contribution in [2.75, 3.05) is 13.2 Å². The lowest BCUT2D eigenvalue weighted by Crippen LogP contribution is -2.30. The standard InChI is InChI=1S/C76H124O6/c1-4-7-10-13-16-19-22-25-28-31-33-35-37-38-40-41-43-45-48-51-54-57-60-63-66-69-75(78)81-72-73(71-80-74(77)68-65-62-59-56-53-50-47-30-27-24-21-18-15-12-9-6-3)82-76(79)70-67-64-61-58-55-52-49-46-44-42-39-36-34-32-29-26-23-20-17-14-11-8-5-2/h7,10,16,19,21,23-26,28,30,32-35,38-40,42-43,45,47,51,54,73H,4-6,8-9,11-15,17-18,20,22,27,29,31,36-37,41,44,46,48-50,52-53,55-72H2,1-3H3/b10-7-,19-16-,24-21-,26-23-,28-25-,34-32-,35-33-,40-38-,42-39-,45-43-,47-30-,54-51-. The van der Waals surface area contributed by atoms with E-state index in [0.29, 0.717) is 19.3 Å². The van der Waals surface area contributed by atoms with Crippen LogP contribution in [-0.4, -0.2) is 37.2 Å². The van der Waals surface area contributed by atoms with Crippen LogP contribution in [0.15, 0.2) is 146 Å². The fourth-order valence-corrected chi connectivity index (χ4v) is 8.99. The highest BCUT2D eigenvalue weighted by atomic mass is 16.6. The van der Waals surface area contributed by atoms with Gasteiger partial charge in [0.15, 0.2) is 6.10 Å². The predicted octanol–water partition coefficient (Wildman–Crippen LogP) is 23.5. The molecule has 0 rings (SSSR count). The number of allylic oxidation sites excluding steroid dienone is 24. The number of hydrogen-bond acceptors (Lipinski definition) is 6. The number of unbranched alkanes of at least 4 members (excludes halogenated alkanes) is 25. The van der Waals surface area contributed by atoms with Gasteiger partial charge in [0.05, 0.1) is 0 Å². The van der Waals surface area contributed by atoms with Crippen molar-refractivity contribution in [1.82, 2.24) is 0 Å². The second kappa shape index (κ2) is 68.8. The summed E-state index contributed by atoms with van der Waals surface area (Å²) in [7, 11) is 0. The molecule has 0 fully saturated rings. The van der Waals surface area contributed by atoms with Crippen LogP contribution in [0.2, 0.25) is 0 Å². The second-order valence-corrected chi connectivity index (χ2v) is 22.0. The highest BCUT2D eigenvalue weighted by molar-refractivity contribution is 5.71. The van der Waals surface area contributed by atoms with Gasteiger partial charge in [0, 0.05) is 19.3 Å². The highest BCUT2D eigenvalue weighted by Crippen LogP contribution is 2.15. The number of ether oxygens (including phenoxy) is 3. The lowest BCUT2D eigenvalue weighted by molar-refractivity contribution is -0.167. The molecular weight excluding hydrogens is 1010 g/mol. The van der Waals surface area contributed by atoms with E-state index >= 15 is 0 Å². The quantitative estimate of drug-likeness (QED) is 0.0261. The van der Waals surface area contributed by atoms with Gasteiger partial charge in [-0.1, -0.05) is 276 Å². The van der Waals surface area contributed by atoms with Crippen LogP contribution < -0.4 is 0 Å². The van der Waals surface area contributed by atoms with Crippen LogP contribution in [0.1, 0.15) is 297 Å².